The zero-order valence-corrected chi connectivity index (χ0v) is 20.5. The summed E-state index contributed by atoms with van der Waals surface area (Å²) < 4.78 is 0. The lowest BCUT2D eigenvalue weighted by molar-refractivity contribution is 0.103. The van der Waals surface area contributed by atoms with Crippen LogP contribution in [0.5, 0.6) is 0 Å². The Morgan fingerprint density at radius 1 is 0.848 bits per heavy atom. The minimum Gasteiger partial charge on any atom is -0.353 e. The lowest BCUT2D eigenvalue weighted by atomic mass is 9.86. The topological polar surface area (TPSA) is 41.1 Å². The van der Waals surface area contributed by atoms with Crippen LogP contribution >= 0.6 is 12.2 Å². The van der Waals surface area contributed by atoms with Gasteiger partial charge in [-0.15, -0.1) is 0 Å². The second-order valence-electron chi connectivity index (χ2n) is 9.97. The van der Waals surface area contributed by atoms with Crippen LogP contribution in [0.25, 0.3) is 0 Å². The van der Waals surface area contributed by atoms with Crippen LogP contribution in [0.15, 0.2) is 78.9 Å². The predicted octanol–water partition coefficient (Wildman–Crippen LogP) is 6.97. The van der Waals surface area contributed by atoms with Crippen molar-refractivity contribution in [3.05, 3.63) is 101 Å². The Kier molecular flexibility index (Phi) is 6.66. The van der Waals surface area contributed by atoms with Gasteiger partial charge in [0.2, 0.25) is 0 Å². The summed E-state index contributed by atoms with van der Waals surface area (Å²) in [5.41, 5.74) is 4.56. The maximum atomic E-state index is 13.1. The van der Waals surface area contributed by atoms with Gasteiger partial charge < -0.3 is 10.6 Å². The smallest absolute Gasteiger partial charge is 0.193 e. The molecule has 0 aromatic heterocycles. The average Bonchev–Trinajstić information content (AvgIpc) is 3.28. The Balaban J connectivity index is 1.48. The normalized spacial score (nSPS) is 15.1. The highest BCUT2D eigenvalue weighted by molar-refractivity contribution is 7.80. The Labute approximate surface area is 202 Å². The fourth-order valence-corrected chi connectivity index (χ4v) is 4.94. The maximum absolute atomic E-state index is 13.1. The number of hydrogen-bond acceptors (Lipinski definition) is 2. The minimum absolute atomic E-state index is 0.00883. The van der Waals surface area contributed by atoms with Crippen LogP contribution in [0.1, 0.15) is 73.5 Å². The molecule has 0 spiro atoms. The third-order valence-electron chi connectivity index (χ3n) is 6.53. The van der Waals surface area contributed by atoms with E-state index in [1.165, 1.54) is 24.0 Å². The van der Waals surface area contributed by atoms with Crippen LogP contribution in [0.3, 0.4) is 0 Å². The van der Waals surface area contributed by atoms with Crippen molar-refractivity contribution in [2.75, 3.05) is 5.32 Å². The Bertz CT molecular complexity index is 1120. The van der Waals surface area contributed by atoms with E-state index < -0.39 is 0 Å². The molecule has 0 aliphatic heterocycles. The number of carbonyl (C=O) groups is 1. The highest BCUT2D eigenvalue weighted by atomic mass is 32.1. The summed E-state index contributed by atoms with van der Waals surface area (Å²) in [4.78, 5) is 13.1. The van der Waals surface area contributed by atoms with E-state index in [4.69, 9.17) is 12.2 Å². The first-order chi connectivity index (χ1) is 15.8. The summed E-state index contributed by atoms with van der Waals surface area (Å²) in [7, 11) is 0. The van der Waals surface area contributed by atoms with E-state index in [0.29, 0.717) is 16.2 Å². The van der Waals surface area contributed by atoms with Gasteiger partial charge in [0.05, 0.1) is 5.54 Å². The summed E-state index contributed by atoms with van der Waals surface area (Å²) in [6, 6.07) is 26.0. The van der Waals surface area contributed by atoms with E-state index in [1.54, 1.807) is 0 Å². The molecule has 3 nitrogen and oxygen atoms in total. The van der Waals surface area contributed by atoms with Crippen molar-refractivity contribution in [2.24, 2.45) is 0 Å². The quantitative estimate of drug-likeness (QED) is 0.321. The molecular formula is C29H32N2OS. The van der Waals surface area contributed by atoms with Gasteiger partial charge in [-0.05, 0) is 53.7 Å². The number of benzene rings is 3. The van der Waals surface area contributed by atoms with E-state index in [1.807, 2.05) is 54.6 Å². The molecule has 0 heterocycles. The van der Waals surface area contributed by atoms with Crippen molar-refractivity contribution in [3.63, 3.8) is 0 Å². The molecular weight excluding hydrogens is 424 g/mol. The van der Waals surface area contributed by atoms with Gasteiger partial charge in [0.1, 0.15) is 0 Å². The van der Waals surface area contributed by atoms with Crippen LogP contribution in [-0.4, -0.2) is 10.9 Å². The van der Waals surface area contributed by atoms with E-state index in [2.05, 4.69) is 55.7 Å². The lowest BCUT2D eigenvalue weighted by Gasteiger charge is -2.32. The number of nitrogens with one attached hydrogen (secondary N) is 2. The molecule has 1 saturated carbocycles. The van der Waals surface area contributed by atoms with Crippen molar-refractivity contribution in [1.82, 2.24) is 5.32 Å². The van der Waals surface area contributed by atoms with Gasteiger partial charge in [0, 0.05) is 16.8 Å². The van der Waals surface area contributed by atoms with Gasteiger partial charge in [-0.3, -0.25) is 4.79 Å². The van der Waals surface area contributed by atoms with E-state index >= 15 is 0 Å². The molecule has 0 atom stereocenters. The SMILES string of the molecule is CC(C)(C)c1ccc(C(=O)c2cccc(NC(=S)NC3(c4ccccc4)CCCC3)c2)cc1. The van der Waals surface area contributed by atoms with Crippen LogP contribution in [0, 0.1) is 0 Å². The molecule has 3 aromatic rings. The van der Waals surface area contributed by atoms with Gasteiger partial charge >= 0.3 is 0 Å². The summed E-state index contributed by atoms with van der Waals surface area (Å²) >= 11 is 5.69. The van der Waals surface area contributed by atoms with Crippen LogP contribution in [-0.2, 0) is 11.0 Å². The fourth-order valence-electron chi connectivity index (χ4n) is 4.63. The first-order valence-corrected chi connectivity index (χ1v) is 12.1. The molecule has 3 aromatic carbocycles. The van der Waals surface area contributed by atoms with Crippen molar-refractivity contribution in [3.8, 4) is 0 Å². The molecule has 4 rings (SSSR count). The summed E-state index contributed by atoms with van der Waals surface area (Å²) in [6.07, 6.45) is 4.48. The molecule has 1 aliphatic carbocycles. The number of thiocarbonyl (C=S) groups is 1. The van der Waals surface area contributed by atoms with Crippen molar-refractivity contribution < 1.29 is 4.79 Å². The van der Waals surface area contributed by atoms with Crippen LogP contribution < -0.4 is 10.6 Å². The third-order valence-corrected chi connectivity index (χ3v) is 6.74. The van der Waals surface area contributed by atoms with Crippen molar-refractivity contribution in [1.29, 1.82) is 0 Å². The van der Waals surface area contributed by atoms with Gasteiger partial charge in [0.25, 0.3) is 0 Å². The number of carbonyl (C=O) groups excluding carboxylic acids is 1. The standard InChI is InChI=1S/C29H32N2OS/c1-28(2,3)23-16-14-21(15-17-23)26(32)22-10-9-13-25(20-22)30-27(33)31-29(18-7-8-19-29)24-11-5-4-6-12-24/h4-6,9-17,20H,7-8,18-19H2,1-3H3,(H2,30,31,33). The largest absolute Gasteiger partial charge is 0.353 e. The molecule has 170 valence electrons. The third kappa shape index (κ3) is 5.33. The molecule has 0 amide bonds. The minimum atomic E-state index is -0.131. The Morgan fingerprint density at radius 3 is 2.15 bits per heavy atom. The summed E-state index contributed by atoms with van der Waals surface area (Å²) in [6.45, 7) is 6.51. The molecule has 0 saturated heterocycles. The van der Waals surface area contributed by atoms with Crippen molar-refractivity contribution >= 4 is 28.8 Å². The van der Waals surface area contributed by atoms with E-state index in [0.717, 1.165) is 18.5 Å². The zero-order valence-electron chi connectivity index (χ0n) is 19.7. The number of anilines is 1. The number of hydrogen-bond donors (Lipinski definition) is 2. The van der Waals surface area contributed by atoms with Gasteiger partial charge in [-0.25, -0.2) is 0 Å². The maximum Gasteiger partial charge on any atom is 0.193 e. The first kappa shape index (κ1) is 23.2. The van der Waals surface area contributed by atoms with Crippen molar-refractivity contribution in [2.45, 2.75) is 57.4 Å². The summed E-state index contributed by atoms with van der Waals surface area (Å²) in [5, 5.41) is 7.48. The molecule has 0 bridgehead atoms. The predicted molar refractivity (Wildman–Crippen MR) is 141 cm³/mol. The average molecular weight is 457 g/mol. The lowest BCUT2D eigenvalue weighted by Crippen LogP contribution is -2.45. The van der Waals surface area contributed by atoms with Gasteiger partial charge in [-0.2, -0.15) is 0 Å². The number of ketones is 1. The molecule has 0 unspecified atom stereocenters. The highest BCUT2D eigenvalue weighted by Gasteiger charge is 2.36. The Morgan fingerprint density at radius 2 is 1.52 bits per heavy atom. The van der Waals surface area contributed by atoms with Gasteiger partial charge in [-0.1, -0.05) is 100 Å². The number of rotatable bonds is 5. The second-order valence-corrected chi connectivity index (χ2v) is 10.4. The molecule has 1 fully saturated rings. The highest BCUT2D eigenvalue weighted by Crippen LogP contribution is 2.38. The Hall–Kier alpha value is -2.98. The van der Waals surface area contributed by atoms with Crippen LogP contribution in [0.4, 0.5) is 5.69 Å². The second kappa shape index (κ2) is 9.48. The molecule has 33 heavy (non-hydrogen) atoms. The monoisotopic (exact) mass is 456 g/mol. The molecule has 2 N–H and O–H groups in total. The van der Waals surface area contributed by atoms with Crippen LogP contribution in [0.2, 0.25) is 0 Å². The summed E-state index contributed by atoms with van der Waals surface area (Å²) in [5.74, 6) is 0.00883. The molecule has 0 radical (unpaired) electrons. The molecule has 4 heteroatoms. The first-order valence-electron chi connectivity index (χ1n) is 11.7. The zero-order chi connectivity index (χ0) is 23.5. The van der Waals surface area contributed by atoms with E-state index in [-0.39, 0.29) is 16.7 Å². The fraction of sp³-hybridized carbons (Fsp3) is 0.310. The van der Waals surface area contributed by atoms with Gasteiger partial charge in [0.15, 0.2) is 10.9 Å². The molecule has 1 aliphatic rings. The van der Waals surface area contributed by atoms with E-state index in [9.17, 15) is 4.79 Å².